The molecule has 18 heteroatoms. The van der Waals surface area contributed by atoms with Gasteiger partial charge in [-0.15, -0.1) is 0 Å². The normalized spacial score (nSPS) is 18.0. The Labute approximate surface area is 634 Å². The molecule has 2 unspecified atom stereocenters. The van der Waals surface area contributed by atoms with E-state index in [0.717, 1.165) is 67.0 Å². The zero-order chi connectivity index (χ0) is 77.6. The first-order chi connectivity index (χ1) is 50.8. The Morgan fingerprint density at radius 2 is 0.769 bits per heavy atom. The number of non-ortho nitro benzene ring substituents is 2. The summed E-state index contributed by atoms with van der Waals surface area (Å²) >= 11 is 0. The van der Waals surface area contributed by atoms with Gasteiger partial charge in [-0.3, -0.25) is 29.8 Å². The minimum Gasteiger partial charge on any atom is -0.507 e. The Hall–Kier alpha value is -10.6. The molecule has 0 radical (unpaired) electrons. The molecule has 4 N–H and O–H groups in total. The molecule has 2 spiro atoms. The summed E-state index contributed by atoms with van der Waals surface area (Å²) in [5.74, 6) is 2.14. The Bertz CT molecular complexity index is 4590. The zero-order valence-electron chi connectivity index (χ0n) is 65.3. The Balaban J connectivity index is 0.802. The molecule has 4 aliphatic heterocycles. The van der Waals surface area contributed by atoms with Gasteiger partial charge in [0.25, 0.3) is 11.4 Å². The van der Waals surface area contributed by atoms with E-state index in [9.17, 15) is 40.0 Å². The lowest BCUT2D eigenvalue weighted by Gasteiger charge is -2.47. The molecular weight excluding hydrogens is 1360 g/mol. The SMILES string of the molecule is CC(C)(C)c1cc2c(O)c(c1)Cc1cc(C(C)(C)C)cc(c1OCCNC(=O)CCN1c3ccccc3C(C)(C)C13C=Cc1cc([N+](=O)[O-])ccc1O3)Cc1cc(C(C)(C)C)cc(c1O)Cc1cc(C(C)(C)C)cc(c1OCCNC(=O)CCN1c3ccccc3C(C)(C)C13C=Cc1cc([N+](=O)[O-])ccc1O3)C2. The fourth-order valence-electron chi connectivity index (χ4n) is 16.3. The van der Waals surface area contributed by atoms with Crippen molar-refractivity contribution in [1.82, 2.24) is 10.6 Å². The number of carbonyl (C=O) groups is 2. The second-order valence-corrected chi connectivity index (χ2v) is 34.9. The monoisotopic (exact) mass is 1460 g/mol. The van der Waals surface area contributed by atoms with Gasteiger partial charge < -0.3 is 49.6 Å². The first kappa shape index (κ1) is 75.6. The van der Waals surface area contributed by atoms with Gasteiger partial charge in [-0.1, -0.05) is 168 Å². The zero-order valence-corrected chi connectivity index (χ0v) is 65.3. The van der Waals surface area contributed by atoms with Crippen LogP contribution in [0.1, 0.15) is 213 Å². The number of nitrogens with one attached hydrogen (secondary N) is 2. The van der Waals surface area contributed by atoms with Gasteiger partial charge in [-0.05, 0) is 176 Å². The molecule has 5 aliphatic rings. The molecule has 8 aromatic rings. The molecule has 1 aliphatic carbocycles. The maximum absolute atomic E-state index is 14.3. The van der Waals surface area contributed by atoms with Crippen LogP contribution in [0.25, 0.3) is 12.2 Å². The molecular formula is C90H102N6O12. The highest BCUT2D eigenvalue weighted by Gasteiger charge is 2.60. The van der Waals surface area contributed by atoms with Gasteiger partial charge in [0, 0.05) is 98.4 Å². The van der Waals surface area contributed by atoms with Crippen LogP contribution in [0.3, 0.4) is 0 Å². The topological polar surface area (TPSA) is 228 Å². The largest absolute Gasteiger partial charge is 0.507 e. The molecule has 0 fully saturated rings. The second kappa shape index (κ2) is 27.9. The van der Waals surface area contributed by atoms with E-state index in [-0.39, 0.29) is 121 Å². The summed E-state index contributed by atoms with van der Waals surface area (Å²) in [7, 11) is 0. The molecule has 8 bridgehead atoms. The van der Waals surface area contributed by atoms with Crippen molar-refractivity contribution in [3.8, 4) is 34.5 Å². The predicted molar refractivity (Wildman–Crippen MR) is 426 cm³/mol. The second-order valence-electron chi connectivity index (χ2n) is 34.9. The van der Waals surface area contributed by atoms with Gasteiger partial charge in [0.15, 0.2) is 0 Å². The standard InChI is InChI=1S/C90H102N6O12/c1-83(2,3)65-45-57-41-61-49-67(85(7,8)9)51-63(81(61)105-39-35-91-77(97)31-37-93-73-23-19-17-21-71(73)87(13,14)89(93)33-29-55-53-69(95(101)102)25-27-75(55)107-89)43-59-47-66(84(4,5)6)48-60(80(59)100)44-64-52-68(86(10,11)12)50-62(42-58(46-65)79(57)99)82(64)106-40-36-92-78(98)32-38-94-74-24-20-18-22-72(74)88(15,16)90(94)34-30-56-54-70(96(103)104)26-28-76(56)108-90/h17-30,33-34,45-54,99-100H,31-32,35-44H2,1-16H3,(H,91,97)(H,92,98). The molecule has 2 atom stereocenters. The van der Waals surface area contributed by atoms with E-state index >= 15 is 0 Å². The minimum absolute atomic E-state index is 0.0311. The first-order valence-corrected chi connectivity index (χ1v) is 37.7. The summed E-state index contributed by atoms with van der Waals surface area (Å²) in [6.45, 7) is 35.7. The van der Waals surface area contributed by atoms with Crippen molar-refractivity contribution >= 4 is 46.7 Å². The van der Waals surface area contributed by atoms with Crippen LogP contribution in [-0.2, 0) is 67.8 Å². The van der Waals surface area contributed by atoms with Crippen molar-refractivity contribution in [3.05, 3.63) is 255 Å². The van der Waals surface area contributed by atoms with E-state index < -0.39 is 32.1 Å². The average Bonchev–Trinajstić information content (AvgIpc) is 1.54. The lowest BCUT2D eigenvalue weighted by Crippen LogP contribution is -2.60. The van der Waals surface area contributed by atoms with Crippen LogP contribution in [0.2, 0.25) is 0 Å². The first-order valence-electron chi connectivity index (χ1n) is 37.7. The van der Waals surface area contributed by atoms with Crippen LogP contribution in [0, 0.1) is 20.2 Å². The molecule has 108 heavy (non-hydrogen) atoms. The highest BCUT2D eigenvalue weighted by Crippen LogP contribution is 2.57. The van der Waals surface area contributed by atoms with Crippen LogP contribution in [0.4, 0.5) is 22.7 Å². The number of anilines is 2. The molecule has 8 aromatic carbocycles. The Kier molecular flexibility index (Phi) is 19.5. The summed E-state index contributed by atoms with van der Waals surface area (Å²) in [5.41, 5.74) is 10.7. The van der Waals surface area contributed by atoms with Gasteiger partial charge in [0.1, 0.15) is 47.7 Å². The number of fused-ring (bicyclic) bond motifs is 12. The Morgan fingerprint density at radius 3 is 1.07 bits per heavy atom. The number of phenolic OH excluding ortho intramolecular Hbond substituents is 2. The van der Waals surface area contributed by atoms with Gasteiger partial charge >= 0.3 is 0 Å². The summed E-state index contributed by atoms with van der Waals surface area (Å²) in [6, 6.07) is 42.5. The van der Waals surface area contributed by atoms with Crippen LogP contribution in [0.15, 0.2) is 146 Å². The van der Waals surface area contributed by atoms with E-state index in [1.807, 2.05) is 60.7 Å². The number of hydrogen-bond donors (Lipinski definition) is 4. The Morgan fingerprint density at radius 1 is 0.463 bits per heavy atom. The van der Waals surface area contributed by atoms with Crippen molar-refractivity contribution in [3.63, 3.8) is 0 Å². The summed E-state index contributed by atoms with van der Waals surface area (Å²) in [4.78, 5) is 55.5. The number of para-hydroxylation sites is 2. The molecule has 564 valence electrons. The fraction of sp³-hybridized carbons (Fsp3) is 0.400. The molecule has 4 heterocycles. The molecule has 18 nitrogen and oxygen atoms in total. The number of nitro benzene ring substituents is 2. The van der Waals surface area contributed by atoms with E-state index in [1.54, 1.807) is 12.1 Å². The summed E-state index contributed by atoms with van der Waals surface area (Å²) in [5, 5.41) is 56.0. The van der Waals surface area contributed by atoms with Crippen molar-refractivity contribution < 1.29 is 48.6 Å². The van der Waals surface area contributed by atoms with E-state index in [1.165, 1.54) is 24.3 Å². The van der Waals surface area contributed by atoms with Gasteiger partial charge in [0.2, 0.25) is 23.3 Å². The number of hydrogen-bond acceptors (Lipinski definition) is 14. The van der Waals surface area contributed by atoms with Crippen molar-refractivity contribution in [2.24, 2.45) is 0 Å². The number of carbonyl (C=O) groups excluding carboxylic acids is 2. The smallest absolute Gasteiger partial charge is 0.270 e. The van der Waals surface area contributed by atoms with Gasteiger partial charge in [-0.25, -0.2) is 0 Å². The third-order valence-electron chi connectivity index (χ3n) is 22.7. The lowest BCUT2D eigenvalue weighted by atomic mass is 9.76. The van der Waals surface area contributed by atoms with Crippen LogP contribution < -0.4 is 39.4 Å². The number of benzene rings is 8. The molecule has 0 saturated heterocycles. The summed E-state index contributed by atoms with van der Waals surface area (Å²) in [6.07, 6.45) is 9.00. The van der Waals surface area contributed by atoms with E-state index in [4.69, 9.17) is 18.9 Å². The molecule has 0 saturated carbocycles. The van der Waals surface area contributed by atoms with Crippen molar-refractivity contribution in [2.45, 2.75) is 193 Å². The van der Waals surface area contributed by atoms with Crippen molar-refractivity contribution in [1.29, 1.82) is 0 Å². The highest BCUT2D eigenvalue weighted by molar-refractivity contribution is 5.80. The van der Waals surface area contributed by atoms with Crippen LogP contribution in [-0.4, -0.2) is 82.7 Å². The van der Waals surface area contributed by atoms with E-state index in [0.29, 0.717) is 69.5 Å². The van der Waals surface area contributed by atoms with Crippen LogP contribution >= 0.6 is 0 Å². The predicted octanol–water partition coefficient (Wildman–Crippen LogP) is 17.8. The lowest BCUT2D eigenvalue weighted by molar-refractivity contribution is -0.385. The van der Waals surface area contributed by atoms with E-state index in [2.05, 4.69) is 192 Å². The quantitative estimate of drug-likeness (QED) is 0.0401. The maximum Gasteiger partial charge on any atom is 0.270 e. The number of nitrogens with zero attached hydrogens (tertiary/aromatic N) is 4. The highest BCUT2D eigenvalue weighted by atomic mass is 16.6. The average molecular weight is 1460 g/mol. The third kappa shape index (κ3) is 14.1. The van der Waals surface area contributed by atoms with Crippen LogP contribution in [0.5, 0.6) is 34.5 Å². The third-order valence-corrected chi connectivity index (χ3v) is 22.7. The number of aromatic hydroxyl groups is 2. The number of ether oxygens (including phenoxy) is 4. The molecule has 0 aromatic heterocycles. The fourth-order valence-corrected chi connectivity index (χ4v) is 16.3. The minimum atomic E-state index is -1.05. The number of amides is 2. The van der Waals surface area contributed by atoms with Gasteiger partial charge in [-0.2, -0.15) is 0 Å². The molecule has 2 amide bonds. The number of nitro groups is 2. The maximum atomic E-state index is 14.3. The number of phenols is 2. The number of rotatable bonds is 16. The van der Waals surface area contributed by atoms with Gasteiger partial charge in [0.05, 0.1) is 33.8 Å². The molecule has 13 rings (SSSR count). The summed E-state index contributed by atoms with van der Waals surface area (Å²) < 4.78 is 28.0. The van der Waals surface area contributed by atoms with Crippen molar-refractivity contribution in [2.75, 3.05) is 49.2 Å².